The number of benzene rings is 4. The van der Waals surface area contributed by atoms with Gasteiger partial charge in [-0.25, -0.2) is 9.59 Å². The van der Waals surface area contributed by atoms with Crippen LogP contribution >= 0.6 is 12.4 Å². The molecule has 4 atom stereocenters. The highest BCUT2D eigenvalue weighted by atomic mass is 35.5. The molecule has 12 heteroatoms. The van der Waals surface area contributed by atoms with Gasteiger partial charge in [0.15, 0.2) is 6.10 Å². The van der Waals surface area contributed by atoms with Crippen molar-refractivity contribution in [1.82, 2.24) is 9.80 Å². The molecule has 1 aliphatic carbocycles. The fourth-order valence-corrected chi connectivity index (χ4v) is 6.91. The number of nitrogens with one attached hydrogen (secondary N) is 1. The third kappa shape index (κ3) is 10.2. The van der Waals surface area contributed by atoms with Gasteiger partial charge in [-0.3, -0.25) is 4.90 Å². The second kappa shape index (κ2) is 16.5. The van der Waals surface area contributed by atoms with Crippen LogP contribution in [0.3, 0.4) is 0 Å². The minimum atomic E-state index is -4.47. The Morgan fingerprint density at radius 3 is 1.98 bits per heavy atom. The molecular formula is C41H45ClF3N3O5. The summed E-state index contributed by atoms with van der Waals surface area (Å²) in [6, 6.07) is 28.8. The second-order valence-corrected chi connectivity index (χ2v) is 14.6. The quantitative estimate of drug-likeness (QED) is 0.142. The lowest BCUT2D eigenvalue weighted by molar-refractivity contribution is -0.145. The normalized spacial score (nSPS) is 18.6. The number of halogens is 4. The lowest BCUT2D eigenvalue weighted by Gasteiger charge is -2.28. The molecule has 0 spiro atoms. The Morgan fingerprint density at radius 1 is 0.830 bits per heavy atom. The van der Waals surface area contributed by atoms with E-state index in [0.29, 0.717) is 23.3 Å². The van der Waals surface area contributed by atoms with E-state index in [0.717, 1.165) is 42.9 Å². The standard InChI is InChI=1S/C41H44F3N3O5.ClH/c1-40(2,3)29-13-19-33(20-14-29)52-36(38(48)49)23-27-9-17-32(18-10-27)51-22-21-47(39(50)45-31-15-11-30(12-16-31)41(42,43)44)37-34-25-46(26-35(34)37)24-28-7-5-4-6-8-28;/h4-20,34-37H,21-26H2,1-3H3,(H,45,50)(H,48,49);1H/t34-,35?,36+,37+;/m1./s1. The summed E-state index contributed by atoms with van der Waals surface area (Å²) in [5.74, 6) is 0.561. The topological polar surface area (TPSA) is 91.3 Å². The van der Waals surface area contributed by atoms with E-state index in [4.69, 9.17) is 9.47 Å². The smallest absolute Gasteiger partial charge is 0.416 e. The number of hydrogen-bond donors (Lipinski definition) is 2. The van der Waals surface area contributed by atoms with Crippen LogP contribution in [0.15, 0.2) is 103 Å². The number of carbonyl (C=O) groups excluding carboxylic acids is 1. The molecule has 8 nitrogen and oxygen atoms in total. The Labute approximate surface area is 314 Å². The Hall–Kier alpha value is -4.74. The fraction of sp³-hybridized carbons (Fsp3) is 0.366. The van der Waals surface area contributed by atoms with Crippen LogP contribution in [0.1, 0.15) is 43.0 Å². The summed E-state index contributed by atoms with van der Waals surface area (Å²) in [6.07, 6.45) is -5.39. The first-order valence-electron chi connectivity index (χ1n) is 17.5. The number of rotatable bonds is 13. The molecule has 53 heavy (non-hydrogen) atoms. The highest BCUT2D eigenvalue weighted by Crippen LogP contribution is 2.49. The first kappa shape index (κ1) is 39.5. The molecule has 0 radical (unpaired) electrons. The van der Waals surface area contributed by atoms with Gasteiger partial charge in [0, 0.05) is 37.8 Å². The van der Waals surface area contributed by atoms with Gasteiger partial charge in [-0.1, -0.05) is 75.4 Å². The lowest BCUT2D eigenvalue weighted by atomic mass is 9.87. The molecule has 2 amide bonds. The zero-order valence-electron chi connectivity index (χ0n) is 29.9. The molecule has 4 aromatic rings. The Bertz CT molecular complexity index is 1810. The summed E-state index contributed by atoms with van der Waals surface area (Å²) in [4.78, 5) is 29.7. The zero-order chi connectivity index (χ0) is 37.0. The second-order valence-electron chi connectivity index (χ2n) is 14.6. The van der Waals surface area contributed by atoms with Gasteiger partial charge in [-0.2, -0.15) is 13.2 Å². The highest BCUT2D eigenvalue weighted by molar-refractivity contribution is 5.90. The van der Waals surface area contributed by atoms with Crippen LogP contribution in [0.2, 0.25) is 0 Å². The maximum atomic E-state index is 13.6. The number of alkyl halides is 3. The van der Waals surface area contributed by atoms with E-state index in [2.05, 4.69) is 43.1 Å². The van der Waals surface area contributed by atoms with Crippen molar-refractivity contribution < 1.29 is 37.3 Å². The van der Waals surface area contributed by atoms with Gasteiger partial charge in [0.2, 0.25) is 0 Å². The number of carbonyl (C=O) groups is 2. The summed E-state index contributed by atoms with van der Waals surface area (Å²) in [5, 5.41) is 12.6. The van der Waals surface area contributed by atoms with E-state index < -0.39 is 23.8 Å². The molecule has 0 bridgehead atoms. The predicted molar refractivity (Wildman–Crippen MR) is 200 cm³/mol. The summed E-state index contributed by atoms with van der Waals surface area (Å²) in [7, 11) is 0. The van der Waals surface area contributed by atoms with Crippen LogP contribution in [0, 0.1) is 11.8 Å². The van der Waals surface area contributed by atoms with Crippen molar-refractivity contribution in [2.24, 2.45) is 11.8 Å². The average molecular weight is 752 g/mol. The number of anilines is 1. The van der Waals surface area contributed by atoms with Crippen LogP contribution in [0.4, 0.5) is 23.7 Å². The maximum Gasteiger partial charge on any atom is 0.416 e. The minimum Gasteiger partial charge on any atom is -0.492 e. The lowest BCUT2D eigenvalue weighted by Crippen LogP contribution is -2.43. The van der Waals surface area contributed by atoms with Crippen molar-refractivity contribution in [2.45, 2.75) is 57.5 Å². The minimum absolute atomic E-state index is 0. The van der Waals surface area contributed by atoms with Crippen LogP contribution in [0.5, 0.6) is 11.5 Å². The number of carboxylic acid groups (broad SMARTS) is 1. The van der Waals surface area contributed by atoms with Crippen LogP contribution in [0.25, 0.3) is 0 Å². The van der Waals surface area contributed by atoms with Crippen molar-refractivity contribution in [3.63, 3.8) is 0 Å². The molecule has 0 aromatic heterocycles. The Kier molecular flexibility index (Phi) is 12.3. The molecule has 1 aliphatic heterocycles. The largest absolute Gasteiger partial charge is 0.492 e. The van der Waals surface area contributed by atoms with Crippen LogP contribution < -0.4 is 14.8 Å². The number of carboxylic acids is 1. The molecule has 2 fully saturated rings. The monoisotopic (exact) mass is 751 g/mol. The fourth-order valence-electron chi connectivity index (χ4n) is 6.91. The number of urea groups is 1. The van der Waals surface area contributed by atoms with Gasteiger partial charge < -0.3 is 24.8 Å². The van der Waals surface area contributed by atoms with E-state index in [1.165, 1.54) is 17.7 Å². The Balaban J connectivity index is 0.00000541. The van der Waals surface area contributed by atoms with Gasteiger partial charge in [-0.05, 0) is 82.5 Å². The van der Waals surface area contributed by atoms with Crippen molar-refractivity contribution in [3.8, 4) is 11.5 Å². The molecule has 4 aromatic carbocycles. The number of hydrogen-bond acceptors (Lipinski definition) is 5. The van der Waals surface area contributed by atoms with Gasteiger partial charge >= 0.3 is 18.2 Å². The molecule has 2 aliphatic rings. The van der Waals surface area contributed by atoms with Crippen LogP contribution in [-0.2, 0) is 29.4 Å². The first-order valence-corrected chi connectivity index (χ1v) is 17.5. The van der Waals surface area contributed by atoms with Gasteiger partial charge in [-0.15, -0.1) is 12.4 Å². The first-order chi connectivity index (χ1) is 24.7. The molecular weight excluding hydrogens is 707 g/mol. The molecule has 2 N–H and O–H groups in total. The summed E-state index contributed by atoms with van der Waals surface area (Å²) >= 11 is 0. The summed E-state index contributed by atoms with van der Waals surface area (Å²) < 4.78 is 51.1. The van der Waals surface area contributed by atoms with E-state index in [9.17, 15) is 27.9 Å². The summed E-state index contributed by atoms with van der Waals surface area (Å²) in [6.45, 7) is 9.31. The average Bonchev–Trinajstić information content (AvgIpc) is 3.58. The molecule has 1 heterocycles. The van der Waals surface area contributed by atoms with E-state index in [-0.39, 0.29) is 55.2 Å². The number of piperidine rings is 1. The third-order valence-corrected chi connectivity index (χ3v) is 9.78. The number of ether oxygens (including phenoxy) is 2. The summed E-state index contributed by atoms with van der Waals surface area (Å²) in [5.41, 5.74) is 2.57. The van der Waals surface area contributed by atoms with Crippen molar-refractivity contribution >= 4 is 30.1 Å². The highest BCUT2D eigenvalue weighted by Gasteiger charge is 2.59. The van der Waals surface area contributed by atoms with E-state index in [1.807, 2.05) is 30.3 Å². The number of aliphatic carboxylic acids is 1. The number of likely N-dealkylation sites (tertiary alicyclic amines) is 1. The number of nitrogens with zero attached hydrogens (tertiary/aromatic N) is 2. The van der Waals surface area contributed by atoms with Gasteiger partial charge in [0.25, 0.3) is 0 Å². The number of fused-ring (bicyclic) bond motifs is 1. The molecule has 1 saturated heterocycles. The third-order valence-electron chi connectivity index (χ3n) is 9.78. The molecule has 282 valence electrons. The van der Waals surface area contributed by atoms with E-state index in [1.54, 1.807) is 41.3 Å². The van der Waals surface area contributed by atoms with Gasteiger partial charge in [0.1, 0.15) is 18.1 Å². The van der Waals surface area contributed by atoms with Crippen LogP contribution in [-0.4, -0.2) is 65.3 Å². The molecule has 6 rings (SSSR count). The van der Waals surface area contributed by atoms with E-state index >= 15 is 0 Å². The van der Waals surface area contributed by atoms with Crippen molar-refractivity contribution in [2.75, 3.05) is 31.6 Å². The predicted octanol–water partition coefficient (Wildman–Crippen LogP) is 8.54. The maximum absolute atomic E-state index is 13.6. The Morgan fingerprint density at radius 2 is 1.42 bits per heavy atom. The molecule has 1 unspecified atom stereocenters. The SMILES string of the molecule is CC(C)(C)c1ccc(O[C@@H](Cc2ccc(OCCN(C(=O)Nc3ccc(C(F)(F)F)cc3)[C@@H]3C4CN(Cc5ccccc5)C[C@H]43)cc2)C(=O)O)cc1.Cl. The van der Waals surface area contributed by atoms with Crippen molar-refractivity contribution in [1.29, 1.82) is 0 Å². The zero-order valence-corrected chi connectivity index (χ0v) is 30.7. The number of amides is 2. The van der Waals surface area contributed by atoms with Gasteiger partial charge in [0.05, 0.1) is 12.1 Å². The van der Waals surface area contributed by atoms with Crippen molar-refractivity contribution in [3.05, 3.63) is 125 Å². The molecule has 1 saturated carbocycles.